The molecule has 71 heavy (non-hydrogen) atoms. The molecule has 0 aliphatic heterocycles. The number of aryl methyl sites for hydroxylation is 2. The summed E-state index contributed by atoms with van der Waals surface area (Å²) in [5, 5.41) is 7.14. The van der Waals surface area contributed by atoms with Gasteiger partial charge in [0.25, 0.3) is 0 Å². The highest BCUT2D eigenvalue weighted by Gasteiger charge is 2.15. The Hall–Kier alpha value is -9.11. The number of benzene rings is 7. The second kappa shape index (κ2) is 20.2. The van der Waals surface area contributed by atoms with E-state index in [0.29, 0.717) is 11.4 Å². The van der Waals surface area contributed by atoms with Gasteiger partial charge in [-0.1, -0.05) is 164 Å². The number of fused-ring (bicyclic) bond motifs is 9. The third-order valence-electron chi connectivity index (χ3n) is 12.1. The van der Waals surface area contributed by atoms with E-state index in [9.17, 15) is 0 Å². The predicted octanol–water partition coefficient (Wildman–Crippen LogP) is 16.7. The van der Waals surface area contributed by atoms with Gasteiger partial charge in [0.15, 0.2) is 0 Å². The molecule has 7 aromatic heterocycles. The van der Waals surface area contributed by atoms with Gasteiger partial charge in [0.1, 0.15) is 16.1 Å². The zero-order chi connectivity index (χ0) is 50.4. The lowest BCUT2D eigenvalue weighted by Crippen LogP contribution is -1.95. The highest BCUT2D eigenvalue weighted by Crippen LogP contribution is 2.35. The molecule has 7 aromatic carbocycles. The van der Waals surface area contributed by atoms with Crippen LogP contribution < -0.4 is 0 Å². The largest absolute Gasteiger partial charge is 0.438 e. The summed E-state index contributed by atoms with van der Waals surface area (Å²) in [5.74, 6) is 0. The number of pyridine rings is 3. The Bertz CT molecular complexity index is 4050. The Balaban J connectivity index is 0.000000110. The van der Waals surface area contributed by atoms with Gasteiger partial charge < -0.3 is 4.42 Å². The van der Waals surface area contributed by atoms with E-state index in [2.05, 4.69) is 165 Å². The van der Waals surface area contributed by atoms with Crippen molar-refractivity contribution >= 4 is 75.6 Å². The Labute approximate surface area is 419 Å². The van der Waals surface area contributed by atoms with Gasteiger partial charge in [-0.3, -0.25) is 14.5 Å². The number of para-hydroxylation sites is 3. The summed E-state index contributed by atoms with van der Waals surface area (Å²) in [7, 11) is 0. The normalized spacial score (nSPS) is 11.8. The van der Waals surface area contributed by atoms with E-state index in [-0.39, 0.29) is 5.69 Å². The molecule has 0 fully saturated rings. The summed E-state index contributed by atoms with van der Waals surface area (Å²) >= 11 is 1.76. The van der Waals surface area contributed by atoms with Gasteiger partial charge in [0.2, 0.25) is 5.71 Å². The molecule has 0 saturated heterocycles. The zero-order valence-electron chi connectivity index (χ0n) is 41.6. The molecule has 0 N–H and O–H groups in total. The Morgan fingerprint density at radius 2 is 0.930 bits per heavy atom. The Morgan fingerprint density at radius 1 is 0.423 bits per heavy atom. The second-order valence-electron chi connectivity index (χ2n) is 16.6. The maximum Gasteiger partial charge on any atom is 0.227 e. The average Bonchev–Trinajstić information content (AvgIpc) is 4.13. The van der Waals surface area contributed by atoms with Crippen molar-refractivity contribution < 1.29 is 8.53 Å². The van der Waals surface area contributed by atoms with Crippen molar-refractivity contribution in [1.82, 2.24) is 29.5 Å². The first-order valence-electron chi connectivity index (χ1n) is 24.7. The van der Waals surface area contributed by atoms with Crippen LogP contribution in [0.15, 0.2) is 247 Å². The minimum Gasteiger partial charge on any atom is -0.438 e. The highest BCUT2D eigenvalue weighted by atomic mass is 32.1. The topological polar surface area (TPSA) is 82.5 Å². The van der Waals surface area contributed by atoms with Gasteiger partial charge in [-0.15, -0.1) is 11.3 Å². The number of nitrogens with zero attached hydrogens (tertiary/aromatic N) is 6. The van der Waals surface area contributed by atoms with E-state index in [1.54, 1.807) is 18.3 Å². The molecule has 340 valence electrons. The molecule has 14 rings (SSSR count). The molecule has 0 unspecified atom stereocenters. The summed E-state index contributed by atoms with van der Waals surface area (Å²) in [6.07, 6.45) is 2.86. The molecule has 7 nitrogen and oxygen atoms in total. The number of hydrogen-bond acceptors (Lipinski definition) is 7. The van der Waals surface area contributed by atoms with Crippen molar-refractivity contribution in [2.24, 2.45) is 0 Å². The van der Waals surface area contributed by atoms with Crippen molar-refractivity contribution in [3.05, 3.63) is 254 Å². The predicted molar refractivity (Wildman–Crippen MR) is 295 cm³/mol. The zero-order valence-corrected chi connectivity index (χ0v) is 39.4. The van der Waals surface area contributed by atoms with Crippen molar-refractivity contribution in [2.45, 2.75) is 13.8 Å². The Kier molecular flexibility index (Phi) is 11.7. The van der Waals surface area contributed by atoms with Crippen LogP contribution in [-0.4, -0.2) is 29.5 Å². The molecular weight excluding hydrogens is 889 g/mol. The molecule has 0 spiro atoms. The number of hydrogen-bond donors (Lipinski definition) is 0. The van der Waals surface area contributed by atoms with E-state index in [1.807, 2.05) is 84.9 Å². The first-order chi connectivity index (χ1) is 36.3. The van der Waals surface area contributed by atoms with Crippen LogP contribution in [0.4, 0.5) is 0 Å². The van der Waals surface area contributed by atoms with E-state index in [4.69, 9.17) is 18.5 Å². The molecule has 0 aliphatic rings. The molecule has 8 heteroatoms. The summed E-state index contributed by atoms with van der Waals surface area (Å²) in [6.45, 7) is -0.507. The van der Waals surface area contributed by atoms with Crippen molar-refractivity contribution in [3.63, 3.8) is 0 Å². The van der Waals surface area contributed by atoms with Crippen LogP contribution >= 0.6 is 11.3 Å². The molecule has 7 heterocycles. The minimum atomic E-state index is -2.14. The van der Waals surface area contributed by atoms with E-state index in [0.717, 1.165) is 60.7 Å². The van der Waals surface area contributed by atoms with Crippen LogP contribution in [0.5, 0.6) is 0 Å². The van der Waals surface area contributed by atoms with Crippen LogP contribution in [0.25, 0.3) is 104 Å². The molecule has 0 amide bonds. The Morgan fingerprint density at radius 3 is 1.56 bits per heavy atom. The number of thiophene rings is 1. The monoisotopic (exact) mass is 937 g/mol. The fraction of sp³-hybridized carbons (Fsp3) is 0.0317. The van der Waals surface area contributed by atoms with Crippen LogP contribution in [0.3, 0.4) is 0 Å². The smallest absolute Gasteiger partial charge is 0.227 e. The third-order valence-corrected chi connectivity index (χ3v) is 13.2. The summed E-state index contributed by atoms with van der Waals surface area (Å²) in [6, 6.07) is 78.9. The van der Waals surface area contributed by atoms with E-state index < -0.39 is 6.85 Å². The quantitative estimate of drug-likeness (QED) is 0.175. The molecule has 0 bridgehead atoms. The molecular formula is C63H46N6OS. The first-order valence-corrected chi connectivity index (χ1v) is 24.0. The third kappa shape index (κ3) is 9.40. The van der Waals surface area contributed by atoms with Gasteiger partial charge in [-0.2, -0.15) is 0 Å². The van der Waals surface area contributed by atoms with Crippen molar-refractivity contribution in [3.8, 4) is 39.5 Å². The van der Waals surface area contributed by atoms with Crippen LogP contribution in [0.1, 0.15) is 15.5 Å². The van der Waals surface area contributed by atoms with Crippen LogP contribution in [0.2, 0.25) is 0 Å². The van der Waals surface area contributed by atoms with Crippen LogP contribution in [0, 0.1) is 13.8 Å². The molecule has 0 saturated carbocycles. The summed E-state index contributed by atoms with van der Waals surface area (Å²) in [4.78, 5) is 23.1. The lowest BCUT2D eigenvalue weighted by atomic mass is 10.1. The lowest BCUT2D eigenvalue weighted by Gasteiger charge is -2.07. The second-order valence-corrected chi connectivity index (χ2v) is 17.7. The van der Waals surface area contributed by atoms with Crippen molar-refractivity contribution in [2.75, 3.05) is 0 Å². The maximum atomic E-state index is 7.04. The van der Waals surface area contributed by atoms with Gasteiger partial charge in [0, 0.05) is 75.9 Å². The van der Waals surface area contributed by atoms with Gasteiger partial charge in [-0.25, -0.2) is 15.0 Å². The highest BCUT2D eigenvalue weighted by molar-refractivity contribution is 7.25. The maximum absolute atomic E-state index is 7.04. The molecule has 0 aliphatic carbocycles. The lowest BCUT2D eigenvalue weighted by molar-refractivity contribution is 0.654. The minimum absolute atomic E-state index is 0.0833. The summed E-state index contributed by atoms with van der Waals surface area (Å²) < 4.78 is 30.5. The first kappa shape index (κ1) is 40.9. The SMILES string of the molecule is [2H]C([2H])([2H])c1nccnc1C.c1ccc(-c2ccc3c(n2)oc2ccccc23)cc1.c1ccc(-c2ccc3c(n2)sc2ccccc23)cc1.c1ccc(-c2ccc3c4ccccc4n(-c4ccccc4)c3n2)cc1. The summed E-state index contributed by atoms with van der Waals surface area (Å²) in [5.41, 5.74) is 11.8. The molecule has 0 radical (unpaired) electrons. The van der Waals surface area contributed by atoms with E-state index in [1.165, 1.54) is 49.7 Å². The fourth-order valence-corrected chi connectivity index (χ4v) is 9.68. The number of furan rings is 1. The molecule has 14 aromatic rings. The van der Waals surface area contributed by atoms with Crippen molar-refractivity contribution in [1.29, 1.82) is 0 Å². The van der Waals surface area contributed by atoms with Gasteiger partial charge in [-0.05, 0) is 80.5 Å². The van der Waals surface area contributed by atoms with Gasteiger partial charge in [0.05, 0.1) is 34.0 Å². The number of aromatic nitrogens is 6. The standard InChI is InChI=1S/C23H16N2.C17H11NO.C17H11NS.C6H8N2/c1-3-9-17(10-4-1)21-16-15-20-19-13-7-8-14-22(19)25(23(20)24-21)18-11-5-2-6-12-18;2*1-2-6-12(7-3-1)15-11-10-14-13-8-4-5-9-16(13)19-17(14)18-15;1-5-6(2)8-4-3-7-5/h1-16H;2*1-11H;3-4H,1-2H3/i;;;1D3. The number of rotatable bonds is 4. The fourth-order valence-electron chi connectivity index (χ4n) is 8.61. The van der Waals surface area contributed by atoms with Crippen LogP contribution in [-0.2, 0) is 0 Å². The van der Waals surface area contributed by atoms with Gasteiger partial charge >= 0.3 is 0 Å². The molecule has 0 atom stereocenters. The average molecular weight is 938 g/mol. The van der Waals surface area contributed by atoms with E-state index >= 15 is 0 Å².